The van der Waals surface area contributed by atoms with Crippen LogP contribution in [0.3, 0.4) is 0 Å². The molecule has 0 saturated heterocycles. The van der Waals surface area contributed by atoms with Gasteiger partial charge in [-0.1, -0.05) is 75.4 Å². The predicted molar refractivity (Wildman–Crippen MR) is 78.2 cm³/mol. The lowest BCUT2D eigenvalue weighted by Gasteiger charge is -2.22. The molecular formula is C14H16Br2O. The molecule has 0 atom stereocenters. The zero-order chi connectivity index (χ0) is 12.3. The van der Waals surface area contributed by atoms with Crippen molar-refractivity contribution in [3.63, 3.8) is 0 Å². The van der Waals surface area contributed by atoms with Crippen molar-refractivity contribution in [2.24, 2.45) is 0 Å². The van der Waals surface area contributed by atoms with E-state index in [1.807, 2.05) is 12.1 Å². The van der Waals surface area contributed by atoms with Gasteiger partial charge in [-0.2, -0.15) is 0 Å². The van der Waals surface area contributed by atoms with Crippen molar-refractivity contribution >= 4 is 37.6 Å². The highest BCUT2D eigenvalue weighted by molar-refractivity contribution is 9.25. The van der Waals surface area contributed by atoms with Gasteiger partial charge in [0.15, 0.2) is 5.78 Å². The highest BCUT2D eigenvalue weighted by Crippen LogP contribution is 2.32. The van der Waals surface area contributed by atoms with Crippen LogP contribution in [-0.2, 0) is 0 Å². The topological polar surface area (TPSA) is 17.1 Å². The SMILES string of the molecule is O=C(c1ccc(C2CCCCC2)cc1)C(Br)Br. The highest BCUT2D eigenvalue weighted by Gasteiger charge is 2.17. The van der Waals surface area contributed by atoms with Gasteiger partial charge in [-0.05, 0) is 24.3 Å². The molecule has 0 amide bonds. The molecule has 1 aromatic carbocycles. The van der Waals surface area contributed by atoms with Crippen LogP contribution in [-0.4, -0.2) is 9.52 Å². The van der Waals surface area contributed by atoms with Crippen LogP contribution in [0, 0.1) is 0 Å². The van der Waals surface area contributed by atoms with E-state index in [1.165, 1.54) is 37.7 Å². The number of benzene rings is 1. The molecule has 17 heavy (non-hydrogen) atoms. The number of carbonyl (C=O) groups is 1. The van der Waals surface area contributed by atoms with E-state index in [9.17, 15) is 4.79 Å². The van der Waals surface area contributed by atoms with Crippen LogP contribution < -0.4 is 0 Å². The number of hydrogen-bond acceptors (Lipinski definition) is 1. The molecule has 0 radical (unpaired) electrons. The monoisotopic (exact) mass is 358 g/mol. The molecule has 3 heteroatoms. The van der Waals surface area contributed by atoms with E-state index in [-0.39, 0.29) is 9.52 Å². The molecule has 1 aromatic rings. The molecule has 0 aliphatic heterocycles. The van der Waals surface area contributed by atoms with E-state index in [0.29, 0.717) is 5.92 Å². The summed E-state index contributed by atoms with van der Waals surface area (Å²) < 4.78 is -0.282. The second-order valence-electron chi connectivity index (χ2n) is 4.62. The lowest BCUT2D eigenvalue weighted by molar-refractivity contribution is 0.101. The molecule has 0 unspecified atom stereocenters. The van der Waals surface area contributed by atoms with Gasteiger partial charge in [-0.15, -0.1) is 0 Å². The van der Waals surface area contributed by atoms with Crippen molar-refractivity contribution in [1.82, 2.24) is 0 Å². The normalized spacial score (nSPS) is 17.4. The lowest BCUT2D eigenvalue weighted by atomic mass is 9.84. The standard InChI is InChI=1S/C14H16Br2O/c15-14(16)13(17)12-8-6-11(7-9-12)10-4-2-1-3-5-10/h6-10,14H,1-5H2. The average Bonchev–Trinajstić information content (AvgIpc) is 2.39. The van der Waals surface area contributed by atoms with Gasteiger partial charge in [-0.25, -0.2) is 0 Å². The molecule has 2 rings (SSSR count). The number of halogens is 2. The van der Waals surface area contributed by atoms with Crippen molar-refractivity contribution < 1.29 is 4.79 Å². The molecule has 1 aliphatic carbocycles. The van der Waals surface area contributed by atoms with Crippen LogP contribution in [0.1, 0.15) is 53.9 Å². The van der Waals surface area contributed by atoms with E-state index >= 15 is 0 Å². The van der Waals surface area contributed by atoms with E-state index in [0.717, 1.165) is 5.56 Å². The Balaban J connectivity index is 2.09. The van der Waals surface area contributed by atoms with E-state index in [1.54, 1.807) is 0 Å². The maximum absolute atomic E-state index is 11.7. The van der Waals surface area contributed by atoms with Crippen LogP contribution >= 0.6 is 31.9 Å². The van der Waals surface area contributed by atoms with Crippen molar-refractivity contribution in [2.45, 2.75) is 41.8 Å². The number of hydrogen-bond donors (Lipinski definition) is 0. The van der Waals surface area contributed by atoms with Crippen molar-refractivity contribution in [1.29, 1.82) is 0 Å². The molecule has 0 bridgehead atoms. The molecule has 0 N–H and O–H groups in total. The molecule has 0 heterocycles. The number of carbonyl (C=O) groups excluding carboxylic acids is 1. The Bertz CT molecular complexity index is 378. The lowest BCUT2D eigenvalue weighted by Crippen LogP contribution is -2.08. The minimum Gasteiger partial charge on any atom is -0.292 e. The summed E-state index contributed by atoms with van der Waals surface area (Å²) in [7, 11) is 0. The maximum Gasteiger partial charge on any atom is 0.187 e. The van der Waals surface area contributed by atoms with Gasteiger partial charge < -0.3 is 0 Å². The maximum atomic E-state index is 11.7. The van der Waals surface area contributed by atoms with E-state index in [2.05, 4.69) is 44.0 Å². The molecule has 1 fully saturated rings. The Hall–Kier alpha value is -0.150. The van der Waals surface area contributed by atoms with Gasteiger partial charge in [0.2, 0.25) is 0 Å². The summed E-state index contributed by atoms with van der Waals surface area (Å²) in [5, 5.41) is 0. The average molecular weight is 360 g/mol. The Morgan fingerprint density at radius 3 is 2.18 bits per heavy atom. The second-order valence-corrected chi connectivity index (χ2v) is 7.68. The van der Waals surface area contributed by atoms with Crippen molar-refractivity contribution in [3.8, 4) is 0 Å². The number of alkyl halides is 2. The van der Waals surface area contributed by atoms with Crippen molar-refractivity contribution in [3.05, 3.63) is 35.4 Å². The first-order valence-corrected chi connectivity index (χ1v) is 7.94. The molecule has 0 spiro atoms. The van der Waals surface area contributed by atoms with Gasteiger partial charge in [0.25, 0.3) is 0 Å². The van der Waals surface area contributed by atoms with Gasteiger partial charge in [0, 0.05) is 5.56 Å². The molecule has 92 valence electrons. The largest absolute Gasteiger partial charge is 0.292 e. The summed E-state index contributed by atoms with van der Waals surface area (Å²) in [6, 6.07) is 8.13. The zero-order valence-corrected chi connectivity index (χ0v) is 12.8. The van der Waals surface area contributed by atoms with Gasteiger partial charge >= 0.3 is 0 Å². The molecule has 1 saturated carbocycles. The quantitative estimate of drug-likeness (QED) is 0.546. The third-order valence-corrected chi connectivity index (χ3v) is 4.30. The predicted octanol–water partition coefficient (Wildman–Crippen LogP) is 5.03. The van der Waals surface area contributed by atoms with E-state index < -0.39 is 0 Å². The van der Waals surface area contributed by atoms with Gasteiger partial charge in [0.1, 0.15) is 3.74 Å². The number of rotatable bonds is 3. The Morgan fingerprint density at radius 1 is 1.06 bits per heavy atom. The third kappa shape index (κ3) is 3.41. The summed E-state index contributed by atoms with van der Waals surface area (Å²) in [5.74, 6) is 0.789. The minimum absolute atomic E-state index is 0.0835. The van der Waals surface area contributed by atoms with E-state index in [4.69, 9.17) is 0 Å². The Morgan fingerprint density at radius 2 is 1.65 bits per heavy atom. The van der Waals surface area contributed by atoms with Crippen LogP contribution in [0.25, 0.3) is 0 Å². The zero-order valence-electron chi connectivity index (χ0n) is 9.66. The first-order valence-electron chi connectivity index (χ1n) is 6.11. The Kier molecular flexibility index (Phi) is 4.80. The molecule has 1 nitrogen and oxygen atoms in total. The Labute approximate surface area is 119 Å². The molecular weight excluding hydrogens is 344 g/mol. The first-order chi connectivity index (χ1) is 8.18. The fraction of sp³-hybridized carbons (Fsp3) is 0.500. The third-order valence-electron chi connectivity index (χ3n) is 3.47. The number of Topliss-reactive ketones (excluding diaryl/α,β-unsaturated/α-hetero) is 1. The van der Waals surface area contributed by atoms with Crippen LogP contribution in [0.4, 0.5) is 0 Å². The van der Waals surface area contributed by atoms with Crippen LogP contribution in [0.2, 0.25) is 0 Å². The smallest absolute Gasteiger partial charge is 0.187 e. The molecule has 0 aromatic heterocycles. The summed E-state index contributed by atoms with van der Waals surface area (Å²) in [6.45, 7) is 0. The summed E-state index contributed by atoms with van der Waals surface area (Å²) >= 11 is 6.48. The highest BCUT2D eigenvalue weighted by atomic mass is 79.9. The minimum atomic E-state index is -0.282. The fourth-order valence-electron chi connectivity index (χ4n) is 2.48. The first kappa shape index (κ1) is 13.3. The van der Waals surface area contributed by atoms with Crippen molar-refractivity contribution in [2.75, 3.05) is 0 Å². The second kappa shape index (κ2) is 6.14. The van der Waals surface area contributed by atoms with Crippen LogP contribution in [0.5, 0.6) is 0 Å². The van der Waals surface area contributed by atoms with Gasteiger partial charge in [0.05, 0.1) is 0 Å². The molecule has 1 aliphatic rings. The summed E-state index contributed by atoms with van der Waals surface area (Å²) in [4.78, 5) is 11.7. The number of ketones is 1. The summed E-state index contributed by atoms with van der Waals surface area (Å²) in [5.41, 5.74) is 2.16. The fourth-order valence-corrected chi connectivity index (χ4v) is 3.01. The van der Waals surface area contributed by atoms with Gasteiger partial charge in [-0.3, -0.25) is 4.79 Å². The van der Waals surface area contributed by atoms with Crippen LogP contribution in [0.15, 0.2) is 24.3 Å². The summed E-state index contributed by atoms with van der Waals surface area (Å²) in [6.07, 6.45) is 6.66.